The third kappa shape index (κ3) is 8.13. The number of para-hydroxylation sites is 1. The molecule has 0 fully saturated rings. The monoisotopic (exact) mass is 462 g/mol. The maximum atomic E-state index is 12.2. The number of benzene rings is 1. The molecule has 0 radical (unpaired) electrons. The van der Waals surface area contributed by atoms with Gasteiger partial charge in [-0.15, -0.1) is 0 Å². The first-order valence-corrected chi connectivity index (χ1v) is 10.2. The Kier molecular flexibility index (Phi) is 10.4. The number of carbonyl (C=O) groups is 4. The van der Waals surface area contributed by atoms with Gasteiger partial charge in [-0.2, -0.15) is 0 Å². The molecule has 0 saturated heterocycles. The number of carbonyl (C=O) groups excluding carboxylic acids is 2. The van der Waals surface area contributed by atoms with Gasteiger partial charge in [0.1, 0.15) is 18.3 Å². The molecule has 2 atom stereocenters. The van der Waals surface area contributed by atoms with E-state index in [2.05, 4.69) is 10.6 Å². The van der Waals surface area contributed by atoms with Crippen molar-refractivity contribution in [2.45, 2.75) is 24.9 Å². The molecule has 0 bridgehead atoms. The average molecular weight is 463 g/mol. The number of carboxylic acid groups (broad SMARTS) is 2. The second-order valence-corrected chi connectivity index (χ2v) is 7.02. The van der Waals surface area contributed by atoms with Gasteiger partial charge in [-0.3, -0.25) is 14.4 Å². The van der Waals surface area contributed by atoms with Gasteiger partial charge in [-0.25, -0.2) is 14.9 Å². The van der Waals surface area contributed by atoms with Crippen molar-refractivity contribution >= 4 is 51.1 Å². The lowest BCUT2D eigenvalue weighted by molar-refractivity contribution is -0.498. The number of rotatable bonds is 13. The summed E-state index contributed by atoms with van der Waals surface area (Å²) in [4.78, 5) is 57.7. The molecular formula is C16H19ClN4O8S. The minimum Gasteiger partial charge on any atom is -0.480 e. The average Bonchev–Trinajstić information content (AvgIpc) is 2.68. The lowest BCUT2D eigenvalue weighted by Gasteiger charge is -2.22. The highest BCUT2D eigenvalue weighted by Gasteiger charge is 2.35. The largest absolute Gasteiger partial charge is 0.480 e. The summed E-state index contributed by atoms with van der Waals surface area (Å²) in [5.41, 5.74) is 0.0276. The predicted molar refractivity (Wildman–Crippen MR) is 107 cm³/mol. The molecule has 0 aromatic heterocycles. The van der Waals surface area contributed by atoms with E-state index in [1.54, 1.807) is 6.07 Å². The second kappa shape index (κ2) is 12.5. The molecule has 0 saturated carbocycles. The van der Waals surface area contributed by atoms with Gasteiger partial charge in [-0.1, -0.05) is 34.2 Å². The standard InChI is InChI=1S/C16H19ClN4O8S/c17-30-9-11(15(25)18-8-14(23)24)19-13(22)7-6-12(16(26)27)20(21(28)29)10-4-2-1-3-5-10/h1-5,11-12H,6-9H2,(H,18,25)(H,19,22)(H,23,24)(H,26,27)/t11-,12-/m0/s1. The molecule has 0 aliphatic rings. The Bertz CT molecular complexity index is 782. The number of nitro groups is 1. The SMILES string of the molecule is O=C(O)CNC(=O)[C@H](CSCl)NC(=O)CC[C@@H](C(=O)O)N(c1ccccc1)[N+](=O)[O-]. The molecule has 164 valence electrons. The van der Waals surface area contributed by atoms with Crippen LogP contribution < -0.4 is 15.6 Å². The molecule has 1 aromatic rings. The first-order chi connectivity index (χ1) is 14.2. The van der Waals surface area contributed by atoms with Crippen molar-refractivity contribution in [1.82, 2.24) is 10.6 Å². The Labute approximate surface area is 179 Å². The summed E-state index contributed by atoms with van der Waals surface area (Å²) in [6.07, 6.45) is -0.863. The van der Waals surface area contributed by atoms with Crippen LogP contribution in [0.5, 0.6) is 0 Å². The lowest BCUT2D eigenvalue weighted by Crippen LogP contribution is -2.50. The molecular weight excluding hydrogens is 444 g/mol. The molecule has 0 unspecified atom stereocenters. The Morgan fingerprint density at radius 1 is 1.20 bits per heavy atom. The summed E-state index contributed by atoms with van der Waals surface area (Å²) in [5, 5.41) is 33.4. The Hall–Kier alpha value is -3.06. The first kappa shape index (κ1) is 25.0. The fourth-order valence-corrected chi connectivity index (χ4v) is 3.12. The molecule has 14 heteroatoms. The number of amides is 2. The minimum atomic E-state index is -1.64. The maximum Gasteiger partial charge on any atom is 0.332 e. The van der Waals surface area contributed by atoms with E-state index in [0.717, 1.165) is 0 Å². The van der Waals surface area contributed by atoms with Crippen molar-refractivity contribution in [3.63, 3.8) is 0 Å². The molecule has 1 rings (SSSR count). The number of nitrogens with one attached hydrogen (secondary N) is 2. The molecule has 0 aliphatic heterocycles. The van der Waals surface area contributed by atoms with Gasteiger partial charge in [0.05, 0.1) is 0 Å². The number of carboxylic acids is 2. The van der Waals surface area contributed by atoms with Crippen LogP contribution in [-0.2, 0) is 19.2 Å². The zero-order chi connectivity index (χ0) is 22.7. The lowest BCUT2D eigenvalue weighted by atomic mass is 10.1. The number of hydrogen-bond acceptors (Lipinski definition) is 7. The fraction of sp³-hybridized carbons (Fsp3) is 0.375. The van der Waals surface area contributed by atoms with Crippen LogP contribution in [0.3, 0.4) is 0 Å². The zero-order valence-corrected chi connectivity index (χ0v) is 17.0. The number of hydrazine groups is 1. The molecule has 1 aromatic carbocycles. The van der Waals surface area contributed by atoms with E-state index < -0.39 is 60.3 Å². The Balaban J connectivity index is 2.82. The summed E-state index contributed by atoms with van der Waals surface area (Å²) in [6, 6.07) is 4.52. The van der Waals surface area contributed by atoms with E-state index in [-0.39, 0.29) is 11.4 Å². The molecule has 12 nitrogen and oxygen atoms in total. The summed E-state index contributed by atoms with van der Waals surface area (Å²) in [7, 11) is 6.22. The summed E-state index contributed by atoms with van der Waals surface area (Å²) in [5.74, 6) is -4.40. The third-order valence-corrected chi connectivity index (χ3v) is 4.55. The van der Waals surface area contributed by atoms with Crippen LogP contribution >= 0.6 is 21.7 Å². The van der Waals surface area contributed by atoms with Crippen molar-refractivity contribution in [2.75, 3.05) is 17.3 Å². The van der Waals surface area contributed by atoms with Gasteiger partial charge in [0.2, 0.25) is 11.8 Å². The smallest absolute Gasteiger partial charge is 0.332 e. The summed E-state index contributed by atoms with van der Waals surface area (Å²) < 4.78 is 0. The van der Waals surface area contributed by atoms with Crippen molar-refractivity contribution in [2.24, 2.45) is 0 Å². The van der Waals surface area contributed by atoms with E-state index in [9.17, 15) is 34.4 Å². The highest BCUT2D eigenvalue weighted by Crippen LogP contribution is 2.19. The van der Waals surface area contributed by atoms with Crippen LogP contribution in [0.25, 0.3) is 0 Å². The van der Waals surface area contributed by atoms with Crippen LogP contribution in [0.2, 0.25) is 0 Å². The van der Waals surface area contributed by atoms with Gasteiger partial charge in [0.15, 0.2) is 11.1 Å². The highest BCUT2D eigenvalue weighted by atomic mass is 35.7. The number of aliphatic carboxylic acids is 2. The van der Waals surface area contributed by atoms with E-state index in [0.29, 0.717) is 16.0 Å². The van der Waals surface area contributed by atoms with E-state index in [1.165, 1.54) is 24.3 Å². The molecule has 0 spiro atoms. The molecule has 30 heavy (non-hydrogen) atoms. The fourth-order valence-electron chi connectivity index (χ4n) is 2.39. The van der Waals surface area contributed by atoms with Crippen LogP contribution in [0, 0.1) is 10.1 Å². The van der Waals surface area contributed by atoms with E-state index in [1.807, 2.05) is 0 Å². The topological polar surface area (TPSA) is 179 Å². The van der Waals surface area contributed by atoms with Gasteiger partial charge < -0.3 is 20.8 Å². The van der Waals surface area contributed by atoms with Gasteiger partial charge in [0.25, 0.3) is 0 Å². The van der Waals surface area contributed by atoms with Crippen molar-refractivity contribution in [3.05, 3.63) is 40.4 Å². The highest BCUT2D eigenvalue weighted by molar-refractivity contribution is 8.21. The third-order valence-electron chi connectivity index (χ3n) is 3.72. The molecule has 0 aliphatic carbocycles. The number of nitrogens with zero attached hydrogens (tertiary/aromatic N) is 2. The first-order valence-electron chi connectivity index (χ1n) is 8.41. The molecule has 2 amide bonds. The van der Waals surface area contributed by atoms with Crippen LogP contribution in [0.4, 0.5) is 5.69 Å². The van der Waals surface area contributed by atoms with Gasteiger partial charge in [0, 0.05) is 12.2 Å². The quantitative estimate of drug-likeness (QED) is 0.238. The minimum absolute atomic E-state index is 0.0276. The van der Waals surface area contributed by atoms with E-state index in [4.69, 9.17) is 15.8 Å². The number of anilines is 1. The number of halogens is 1. The van der Waals surface area contributed by atoms with Gasteiger partial charge in [-0.05, 0) is 29.2 Å². The predicted octanol–water partition coefficient (Wildman–Crippen LogP) is 0.491. The summed E-state index contributed by atoms with van der Waals surface area (Å²) >= 11 is 0. The zero-order valence-electron chi connectivity index (χ0n) is 15.4. The second-order valence-electron chi connectivity index (χ2n) is 5.82. The van der Waals surface area contributed by atoms with Crippen molar-refractivity contribution in [3.8, 4) is 0 Å². The van der Waals surface area contributed by atoms with Gasteiger partial charge >= 0.3 is 11.9 Å². The number of hydrogen-bond donors (Lipinski definition) is 4. The molecule has 4 N–H and O–H groups in total. The normalized spacial score (nSPS) is 12.3. The Morgan fingerprint density at radius 3 is 2.33 bits per heavy atom. The van der Waals surface area contributed by atoms with Crippen LogP contribution in [-0.4, -0.2) is 63.4 Å². The summed E-state index contributed by atoms with van der Waals surface area (Å²) in [6.45, 7) is -0.659. The Morgan fingerprint density at radius 2 is 1.83 bits per heavy atom. The van der Waals surface area contributed by atoms with Crippen molar-refractivity contribution < 1.29 is 34.4 Å². The maximum absolute atomic E-state index is 12.2. The van der Waals surface area contributed by atoms with Crippen LogP contribution in [0.1, 0.15) is 12.8 Å². The van der Waals surface area contributed by atoms with Crippen molar-refractivity contribution in [1.29, 1.82) is 0 Å². The van der Waals surface area contributed by atoms with E-state index >= 15 is 0 Å². The molecule has 0 heterocycles. The van der Waals surface area contributed by atoms with Crippen LogP contribution in [0.15, 0.2) is 30.3 Å².